The summed E-state index contributed by atoms with van der Waals surface area (Å²) in [6.45, 7) is 7.28. The summed E-state index contributed by atoms with van der Waals surface area (Å²) in [7, 11) is 0. The molecule has 1 aliphatic rings. The summed E-state index contributed by atoms with van der Waals surface area (Å²) < 4.78 is 5.61. The van der Waals surface area contributed by atoms with Crippen LogP contribution in [-0.2, 0) is 11.2 Å². The number of nitrogens with zero attached hydrogens (tertiary/aromatic N) is 4. The van der Waals surface area contributed by atoms with Gasteiger partial charge in [-0.3, -0.25) is 9.59 Å². The molecule has 1 aromatic carbocycles. The second-order valence-electron chi connectivity index (χ2n) is 7.95. The molecule has 0 bridgehead atoms. The zero-order valence-corrected chi connectivity index (χ0v) is 21.0. The number of hydrogen-bond acceptors (Lipinski definition) is 8. The van der Waals surface area contributed by atoms with Crippen molar-refractivity contribution < 1.29 is 19.4 Å². The van der Waals surface area contributed by atoms with Crippen molar-refractivity contribution in [2.45, 2.75) is 31.8 Å². The average molecular weight is 501 g/mol. The molecule has 0 aliphatic carbocycles. The molecular weight excluding hydrogens is 472 g/mol. The van der Waals surface area contributed by atoms with E-state index >= 15 is 0 Å². The lowest BCUT2D eigenvalue weighted by Gasteiger charge is -2.35. The fraction of sp³-hybridized carbons (Fsp3) is 0.417. The van der Waals surface area contributed by atoms with E-state index in [-0.39, 0.29) is 11.7 Å². The number of carbonyl (C=O) groups excluding carboxylic acids is 1. The van der Waals surface area contributed by atoms with Crippen molar-refractivity contribution in [2.24, 2.45) is 0 Å². The Kier molecular flexibility index (Phi) is 7.89. The minimum Gasteiger partial charge on any atom is -0.494 e. The molecule has 10 heteroatoms. The van der Waals surface area contributed by atoms with E-state index in [0.717, 1.165) is 46.4 Å². The summed E-state index contributed by atoms with van der Waals surface area (Å²) in [5.41, 5.74) is 0.652. The van der Waals surface area contributed by atoms with Gasteiger partial charge >= 0.3 is 5.97 Å². The Hall–Kier alpha value is -2.85. The van der Waals surface area contributed by atoms with Crippen LogP contribution in [0.2, 0.25) is 0 Å². The van der Waals surface area contributed by atoms with Gasteiger partial charge in [0.15, 0.2) is 5.16 Å². The van der Waals surface area contributed by atoms with Crippen molar-refractivity contribution in [1.82, 2.24) is 14.9 Å². The number of aliphatic carboxylic acids is 1. The van der Waals surface area contributed by atoms with E-state index in [4.69, 9.17) is 14.8 Å². The van der Waals surface area contributed by atoms with Gasteiger partial charge in [0.1, 0.15) is 16.4 Å². The molecule has 3 aromatic rings. The van der Waals surface area contributed by atoms with Crippen LogP contribution in [0.4, 0.5) is 5.82 Å². The van der Waals surface area contributed by atoms with Crippen molar-refractivity contribution in [2.75, 3.05) is 43.4 Å². The van der Waals surface area contributed by atoms with E-state index in [9.17, 15) is 9.59 Å². The van der Waals surface area contributed by atoms with E-state index in [1.54, 1.807) is 11.3 Å². The Bertz CT molecular complexity index is 1160. The van der Waals surface area contributed by atoms with E-state index in [1.807, 2.05) is 29.2 Å². The van der Waals surface area contributed by atoms with Crippen LogP contribution in [0.25, 0.3) is 10.2 Å². The highest BCUT2D eigenvalue weighted by Crippen LogP contribution is 2.34. The van der Waals surface area contributed by atoms with Gasteiger partial charge in [-0.25, -0.2) is 9.97 Å². The predicted molar refractivity (Wildman–Crippen MR) is 135 cm³/mol. The maximum absolute atomic E-state index is 13.0. The van der Waals surface area contributed by atoms with Crippen molar-refractivity contribution in [3.63, 3.8) is 0 Å². The molecule has 1 aliphatic heterocycles. The third-order valence-corrected chi connectivity index (χ3v) is 7.52. The zero-order chi connectivity index (χ0) is 24.1. The number of thioether (sulfide) groups is 1. The number of piperazine rings is 1. The molecule has 2 aromatic heterocycles. The number of ether oxygens (including phenoxy) is 1. The van der Waals surface area contributed by atoms with Gasteiger partial charge in [-0.2, -0.15) is 0 Å². The van der Waals surface area contributed by atoms with E-state index in [1.165, 1.54) is 4.88 Å². The molecular formula is C24H28N4O4S2. The van der Waals surface area contributed by atoms with E-state index < -0.39 is 5.97 Å². The van der Waals surface area contributed by atoms with Gasteiger partial charge in [-0.1, -0.05) is 25.6 Å². The Morgan fingerprint density at radius 1 is 1.12 bits per heavy atom. The van der Waals surface area contributed by atoms with Crippen molar-refractivity contribution in [3.8, 4) is 5.75 Å². The van der Waals surface area contributed by atoms with Crippen LogP contribution in [0.3, 0.4) is 0 Å². The van der Waals surface area contributed by atoms with Gasteiger partial charge in [0.2, 0.25) is 0 Å². The smallest absolute Gasteiger partial charge is 0.313 e. The number of hydrogen-bond donors (Lipinski definition) is 1. The van der Waals surface area contributed by atoms with Crippen LogP contribution < -0.4 is 9.64 Å². The standard InChI is InChI=1S/C24H28N4O4S2/c1-3-13-32-17-7-5-16(6-8-17)23(31)28-11-9-27(10-12-28)21-19-14-18(4-2)34-22(19)26-24(25-21)33-15-20(29)30/h5-8,14H,3-4,9-13,15H2,1-2H3,(H,29,30). The fourth-order valence-corrected chi connectivity index (χ4v) is 5.34. The lowest BCUT2D eigenvalue weighted by atomic mass is 10.1. The molecule has 3 heterocycles. The van der Waals surface area contributed by atoms with Crippen LogP contribution in [0.15, 0.2) is 35.5 Å². The highest BCUT2D eigenvalue weighted by molar-refractivity contribution is 7.99. The third-order valence-electron chi connectivity index (χ3n) is 5.52. The number of fused-ring (bicyclic) bond motifs is 1. The molecule has 1 amide bonds. The molecule has 0 radical (unpaired) electrons. The monoisotopic (exact) mass is 500 g/mol. The quantitative estimate of drug-likeness (QED) is 0.345. The van der Waals surface area contributed by atoms with E-state index in [0.29, 0.717) is 43.5 Å². The second kappa shape index (κ2) is 11.1. The van der Waals surface area contributed by atoms with Crippen LogP contribution in [-0.4, -0.2) is 70.4 Å². The number of anilines is 1. The second-order valence-corrected chi connectivity index (χ2v) is 10.0. The highest BCUT2D eigenvalue weighted by Gasteiger charge is 2.25. The predicted octanol–water partition coefficient (Wildman–Crippen LogP) is 4.18. The summed E-state index contributed by atoms with van der Waals surface area (Å²) in [6.07, 6.45) is 1.84. The molecule has 4 rings (SSSR count). The first-order valence-corrected chi connectivity index (χ1v) is 13.2. The molecule has 180 valence electrons. The van der Waals surface area contributed by atoms with Crippen molar-refractivity contribution >= 4 is 51.0 Å². The normalized spacial score (nSPS) is 13.9. The Morgan fingerprint density at radius 2 is 1.85 bits per heavy atom. The van der Waals surface area contributed by atoms with Gasteiger partial charge in [0.05, 0.1) is 17.7 Å². The summed E-state index contributed by atoms with van der Waals surface area (Å²) in [4.78, 5) is 39.5. The Labute approximate surface area is 206 Å². The topological polar surface area (TPSA) is 95.9 Å². The molecule has 34 heavy (non-hydrogen) atoms. The number of amides is 1. The van der Waals surface area contributed by atoms with Crippen LogP contribution in [0.5, 0.6) is 5.75 Å². The first-order chi connectivity index (χ1) is 16.5. The van der Waals surface area contributed by atoms with Crippen LogP contribution >= 0.6 is 23.1 Å². The van der Waals surface area contributed by atoms with Crippen LogP contribution in [0, 0.1) is 0 Å². The largest absolute Gasteiger partial charge is 0.494 e. The molecule has 1 fully saturated rings. The van der Waals surface area contributed by atoms with E-state index in [2.05, 4.69) is 29.8 Å². The number of rotatable bonds is 9. The lowest BCUT2D eigenvalue weighted by Crippen LogP contribution is -2.49. The van der Waals surface area contributed by atoms with Crippen molar-refractivity contribution in [3.05, 3.63) is 40.8 Å². The molecule has 0 spiro atoms. The van der Waals surface area contributed by atoms with Gasteiger partial charge < -0.3 is 19.6 Å². The molecule has 0 saturated carbocycles. The van der Waals surface area contributed by atoms with Gasteiger partial charge in [-0.05, 0) is 43.2 Å². The molecule has 1 N–H and O–H groups in total. The summed E-state index contributed by atoms with van der Waals surface area (Å²) in [5.74, 6) is 0.624. The molecule has 0 atom stereocenters. The third kappa shape index (κ3) is 5.61. The number of aryl methyl sites for hydroxylation is 1. The number of thiophene rings is 1. The number of carboxylic acids is 1. The first kappa shape index (κ1) is 24.3. The average Bonchev–Trinajstić information content (AvgIpc) is 3.29. The number of benzene rings is 1. The zero-order valence-electron chi connectivity index (χ0n) is 19.3. The summed E-state index contributed by atoms with van der Waals surface area (Å²) in [6, 6.07) is 9.44. The maximum Gasteiger partial charge on any atom is 0.313 e. The highest BCUT2D eigenvalue weighted by atomic mass is 32.2. The SMILES string of the molecule is CCCOc1ccc(C(=O)N2CCN(c3nc(SCC(=O)O)nc4sc(CC)cc34)CC2)cc1. The number of carboxylic acid groups (broad SMARTS) is 1. The summed E-state index contributed by atoms with van der Waals surface area (Å²) >= 11 is 2.75. The van der Waals surface area contributed by atoms with Gasteiger partial charge in [0, 0.05) is 36.6 Å². The first-order valence-electron chi connectivity index (χ1n) is 11.4. The van der Waals surface area contributed by atoms with Crippen LogP contribution in [0.1, 0.15) is 35.5 Å². The van der Waals surface area contributed by atoms with Gasteiger partial charge in [-0.15, -0.1) is 11.3 Å². The molecule has 8 nitrogen and oxygen atoms in total. The maximum atomic E-state index is 13.0. The Balaban J connectivity index is 1.47. The fourth-order valence-electron chi connectivity index (χ4n) is 3.76. The molecule has 0 unspecified atom stereocenters. The minimum absolute atomic E-state index is 0.0102. The number of aromatic nitrogens is 2. The summed E-state index contributed by atoms with van der Waals surface area (Å²) in [5, 5.41) is 10.5. The van der Waals surface area contributed by atoms with Crippen molar-refractivity contribution in [1.29, 1.82) is 0 Å². The Morgan fingerprint density at radius 3 is 2.50 bits per heavy atom. The molecule has 1 saturated heterocycles. The minimum atomic E-state index is -0.896. The van der Waals surface area contributed by atoms with Gasteiger partial charge in [0.25, 0.3) is 5.91 Å². The number of carbonyl (C=O) groups is 2. The lowest BCUT2D eigenvalue weighted by molar-refractivity contribution is -0.133.